The highest BCUT2D eigenvalue weighted by Crippen LogP contribution is 2.44. The van der Waals surface area contributed by atoms with Crippen LogP contribution in [-0.4, -0.2) is 76.3 Å². The van der Waals surface area contributed by atoms with E-state index in [4.69, 9.17) is 38.9 Å². The van der Waals surface area contributed by atoms with E-state index in [1.807, 2.05) is 49.1 Å². The lowest BCUT2D eigenvalue weighted by molar-refractivity contribution is 0.289. The molecule has 0 unspecified atom stereocenters. The van der Waals surface area contributed by atoms with E-state index in [0.717, 1.165) is 220 Å². The van der Waals surface area contributed by atoms with Crippen LogP contribution >= 0.6 is 0 Å². The molecule has 0 spiro atoms. The van der Waals surface area contributed by atoms with Crippen LogP contribution in [-0.2, 0) is 0 Å². The quantitative estimate of drug-likeness (QED) is 0.0274. The standard InChI is InChI=1S/C94H104N10O4/c1-5-9-13-17-21-25-53-105-73-57-67(58-74(63-73)106-54-26-22-18-14-10-6-2)91-79-35-31-71(99-79)61-69-29-33-77(97-69)89(65-45-49-95-50-46-65)81-37-41-85(101-81)93(87-43-39-83(91)103-87)94-86-42-38-82(102-86)90(66-47-51-96-52-48-66)78-34-30-70(98-78)62-72-32-36-80(100-72)92(84-40-44-88(94)104-84)68-59-75(107-55-27-23-19-15-11-7-3)64-76(60-68)108-56-28-24-20-16-12-8-4/h29-52,57-64,97-98,103-104H,5-28,53-56H2,1-4H3. The van der Waals surface area contributed by atoms with Crippen molar-refractivity contribution < 1.29 is 18.9 Å². The van der Waals surface area contributed by atoms with Crippen molar-refractivity contribution in [2.45, 2.75) is 182 Å². The van der Waals surface area contributed by atoms with E-state index in [-0.39, 0.29) is 0 Å². The Balaban J connectivity index is 1.03. The van der Waals surface area contributed by atoms with Crippen LogP contribution in [0.3, 0.4) is 0 Å². The van der Waals surface area contributed by atoms with Crippen molar-refractivity contribution in [2.24, 2.45) is 0 Å². The minimum absolute atomic E-state index is 0.606. The first-order valence-corrected chi connectivity index (χ1v) is 40.3. The van der Waals surface area contributed by atoms with Gasteiger partial charge in [-0.1, -0.05) is 156 Å². The molecule has 10 aromatic rings. The van der Waals surface area contributed by atoms with Crippen molar-refractivity contribution in [1.29, 1.82) is 0 Å². The van der Waals surface area contributed by atoms with Crippen LogP contribution in [0.4, 0.5) is 0 Å². The predicted octanol–water partition coefficient (Wildman–Crippen LogP) is 25.7. The number of hydrogen-bond acceptors (Lipinski definition) is 10. The van der Waals surface area contributed by atoms with Crippen LogP contribution in [0.15, 0.2) is 146 Å². The maximum Gasteiger partial charge on any atom is 0.123 e. The molecule has 14 nitrogen and oxygen atoms in total. The molecule has 2 aromatic carbocycles. The summed E-state index contributed by atoms with van der Waals surface area (Å²) < 4.78 is 27.1. The SMILES string of the molecule is CCCCCCCCOc1cc(OCCCCCCCC)cc(-c2c3nc(cc4ccc([nH]4)c(-c4ccncc4)c4nc(c(-c5c6nc(c(-c7ccncc7)c7ccc(cc8nc(c(-c9cc(OCCCCCCCC)cc(OCCCCCCCC)c9)c9ccc5[nH]9)C=C8)[nH]7)C=C6)c5ccc2[nH]5)C=C4)C=C3)c1. The summed E-state index contributed by atoms with van der Waals surface area (Å²) >= 11 is 0. The highest BCUT2D eigenvalue weighted by atomic mass is 16.5. The van der Waals surface area contributed by atoms with Gasteiger partial charge in [-0.2, -0.15) is 0 Å². The van der Waals surface area contributed by atoms with Crippen molar-refractivity contribution in [2.75, 3.05) is 26.4 Å². The molecule has 0 saturated carbocycles. The third-order valence-electron chi connectivity index (χ3n) is 20.7. The summed E-state index contributed by atoms with van der Waals surface area (Å²) in [5.74, 6) is 3.05. The fraction of sp³-hybridized carbons (Fsp3) is 0.340. The minimum atomic E-state index is 0.606. The minimum Gasteiger partial charge on any atom is -0.493 e. The van der Waals surface area contributed by atoms with Crippen molar-refractivity contribution in [3.8, 4) is 78.6 Å². The molecule has 0 atom stereocenters. The zero-order valence-corrected chi connectivity index (χ0v) is 63.6. The Kier molecular flexibility index (Phi) is 25.4. The molecule has 0 aliphatic carbocycles. The second-order valence-electron chi connectivity index (χ2n) is 29.0. The van der Waals surface area contributed by atoms with E-state index in [2.05, 4.69) is 203 Å². The molecule has 0 radical (unpaired) electrons. The number of ether oxygens (including phenoxy) is 4. The molecule has 0 fully saturated rings. The molecule has 0 amide bonds. The van der Waals surface area contributed by atoms with Crippen LogP contribution in [0.1, 0.15) is 227 Å². The molecule has 554 valence electrons. The number of hydrogen-bond donors (Lipinski definition) is 4. The Morgan fingerprint density at radius 2 is 0.509 bits per heavy atom. The first-order valence-electron chi connectivity index (χ1n) is 40.3. The van der Waals surface area contributed by atoms with Crippen LogP contribution in [0, 0.1) is 0 Å². The lowest BCUT2D eigenvalue weighted by Gasteiger charge is -2.14. The summed E-state index contributed by atoms with van der Waals surface area (Å²) in [6, 6.07) is 42.5. The smallest absolute Gasteiger partial charge is 0.123 e. The number of pyridine rings is 2. The van der Waals surface area contributed by atoms with E-state index in [1.54, 1.807) is 0 Å². The van der Waals surface area contributed by atoms with Gasteiger partial charge in [0.05, 0.1) is 72.0 Å². The van der Waals surface area contributed by atoms with Crippen LogP contribution in [0.25, 0.3) is 148 Å². The molecule has 14 heteroatoms. The highest BCUT2D eigenvalue weighted by molar-refractivity contribution is 6.05. The van der Waals surface area contributed by atoms with Gasteiger partial charge in [0.15, 0.2) is 0 Å². The Morgan fingerprint density at radius 3 is 0.852 bits per heavy atom. The molecule has 4 aliphatic rings. The maximum atomic E-state index is 6.78. The number of unbranched alkanes of at least 4 members (excludes halogenated alkanes) is 20. The molecular weight excluding hydrogens is 1330 g/mol. The number of fused-ring (bicyclic) bond motifs is 16. The van der Waals surface area contributed by atoms with Gasteiger partial charge in [-0.25, -0.2) is 19.9 Å². The van der Waals surface area contributed by atoms with Crippen LogP contribution in [0.2, 0.25) is 0 Å². The zero-order chi connectivity index (χ0) is 73.6. The monoisotopic (exact) mass is 1440 g/mol. The summed E-state index contributed by atoms with van der Waals surface area (Å²) in [7, 11) is 0. The molecule has 16 bridgehead atoms. The Labute approximate surface area is 636 Å². The average molecular weight is 1440 g/mol. The lowest BCUT2D eigenvalue weighted by Crippen LogP contribution is -2.01. The number of nitrogens with one attached hydrogen (secondary N) is 4. The van der Waals surface area contributed by atoms with Crippen LogP contribution < -0.4 is 18.9 Å². The lowest BCUT2D eigenvalue weighted by atomic mass is 10.0. The van der Waals surface area contributed by atoms with Crippen LogP contribution in [0.5, 0.6) is 23.0 Å². The zero-order valence-electron chi connectivity index (χ0n) is 63.6. The van der Waals surface area contributed by atoms with Crippen molar-refractivity contribution in [3.63, 3.8) is 0 Å². The van der Waals surface area contributed by atoms with Crippen molar-refractivity contribution in [1.82, 2.24) is 49.8 Å². The second-order valence-corrected chi connectivity index (χ2v) is 29.0. The summed E-state index contributed by atoms with van der Waals surface area (Å²) in [6.07, 6.45) is 52.4. The number of aromatic nitrogens is 10. The van der Waals surface area contributed by atoms with Gasteiger partial charge in [0.2, 0.25) is 0 Å². The third-order valence-corrected chi connectivity index (χ3v) is 20.7. The van der Waals surface area contributed by atoms with E-state index >= 15 is 0 Å². The van der Waals surface area contributed by atoms with E-state index in [9.17, 15) is 0 Å². The number of H-pyrrole nitrogens is 4. The first kappa shape index (κ1) is 74.0. The molecule has 4 N–H and O–H groups in total. The van der Waals surface area contributed by atoms with Gasteiger partial charge < -0.3 is 38.9 Å². The number of nitrogens with zero attached hydrogens (tertiary/aromatic N) is 6. The number of rotatable bonds is 37. The number of benzene rings is 2. The Hall–Kier alpha value is -10.9. The van der Waals surface area contributed by atoms with E-state index in [1.165, 1.54) is 103 Å². The summed E-state index contributed by atoms with van der Waals surface area (Å²) in [5, 5.41) is 0. The average Bonchev–Trinajstić information content (AvgIpc) is 1.60. The molecule has 4 aliphatic heterocycles. The van der Waals surface area contributed by atoms with Gasteiger partial charge in [-0.15, -0.1) is 0 Å². The summed E-state index contributed by atoms with van der Waals surface area (Å²) in [5.41, 5.74) is 22.2. The fourth-order valence-corrected chi connectivity index (χ4v) is 15.1. The molecular formula is C94H104N10O4. The number of aromatic amines is 4. The van der Waals surface area contributed by atoms with Gasteiger partial charge in [0, 0.05) is 114 Å². The second kappa shape index (κ2) is 37.1. The normalized spacial score (nSPS) is 12.2. The van der Waals surface area contributed by atoms with Gasteiger partial charge >= 0.3 is 0 Å². The topological polar surface area (TPSA) is 177 Å². The molecule has 108 heavy (non-hydrogen) atoms. The van der Waals surface area contributed by atoms with Crippen molar-refractivity contribution >= 4 is 92.7 Å². The highest BCUT2D eigenvalue weighted by Gasteiger charge is 2.24. The molecule has 8 aromatic heterocycles. The van der Waals surface area contributed by atoms with Crippen molar-refractivity contribution in [3.05, 3.63) is 192 Å². The molecule has 0 saturated heterocycles. The molecule has 12 heterocycles. The Bertz CT molecular complexity index is 4810. The first-order chi connectivity index (χ1) is 53.4. The summed E-state index contributed by atoms with van der Waals surface area (Å²) in [4.78, 5) is 47.4. The molecule has 14 rings (SSSR count). The predicted molar refractivity (Wildman–Crippen MR) is 450 cm³/mol. The van der Waals surface area contributed by atoms with Gasteiger partial charge in [-0.05, 0) is 206 Å². The van der Waals surface area contributed by atoms with Gasteiger partial charge in [-0.3, -0.25) is 9.97 Å². The van der Waals surface area contributed by atoms with E-state index in [0.29, 0.717) is 26.4 Å². The largest absolute Gasteiger partial charge is 0.493 e. The fourth-order valence-electron chi connectivity index (χ4n) is 15.1. The maximum absolute atomic E-state index is 6.78. The summed E-state index contributed by atoms with van der Waals surface area (Å²) in [6.45, 7) is 11.5. The van der Waals surface area contributed by atoms with Gasteiger partial charge in [0.1, 0.15) is 23.0 Å². The van der Waals surface area contributed by atoms with E-state index < -0.39 is 0 Å². The van der Waals surface area contributed by atoms with Gasteiger partial charge in [0.25, 0.3) is 0 Å². The third kappa shape index (κ3) is 18.6. The Morgan fingerprint density at radius 1 is 0.241 bits per heavy atom.